The standard InChI is InChI=1S/C32H40N8O10/c1-15(41)27(40-30(47)22(10-16-6-8-18(42)9-7-16)37-28(45)20(33)12-25(34)43)31(48)38-23(13-26(35)44)29(46)39-24(32(49)50)11-17-14-36-21-5-3-2-4-19(17)21/h2-9,14-15,20,22-24,27,36,41-42H,10-13,33H2,1H3,(H2,34,43)(H2,35,44)(H,37,45)(H,38,48)(H,39,46)(H,40,47)(H,49,50)/t15-,20+,22+,23+,24+,27+/m1/s1. The van der Waals surface area contributed by atoms with Gasteiger partial charge >= 0.3 is 5.97 Å². The van der Waals surface area contributed by atoms with E-state index in [0.717, 1.165) is 17.8 Å². The molecule has 3 aromatic rings. The minimum atomic E-state index is -1.77. The quantitative estimate of drug-likeness (QED) is 0.0642. The molecule has 14 N–H and O–H groups in total. The van der Waals surface area contributed by atoms with Crippen molar-refractivity contribution in [2.24, 2.45) is 17.2 Å². The molecule has 268 valence electrons. The van der Waals surface area contributed by atoms with E-state index in [9.17, 15) is 48.9 Å². The molecule has 6 amide bonds. The van der Waals surface area contributed by atoms with Crippen LogP contribution >= 0.6 is 0 Å². The molecule has 0 aliphatic rings. The smallest absolute Gasteiger partial charge is 0.326 e. The summed E-state index contributed by atoms with van der Waals surface area (Å²) in [5.41, 5.74) is 17.9. The van der Waals surface area contributed by atoms with Crippen LogP contribution in [0.25, 0.3) is 10.9 Å². The first-order valence-corrected chi connectivity index (χ1v) is 15.3. The highest BCUT2D eigenvalue weighted by Gasteiger charge is 2.35. The van der Waals surface area contributed by atoms with E-state index in [-0.39, 0.29) is 18.6 Å². The lowest BCUT2D eigenvalue weighted by atomic mass is 10.0. The number of hydrogen-bond acceptors (Lipinski definition) is 10. The molecular formula is C32H40N8O10. The summed E-state index contributed by atoms with van der Waals surface area (Å²) in [6.45, 7) is 1.14. The number of aromatic hydroxyl groups is 1. The molecule has 6 atom stereocenters. The van der Waals surface area contributed by atoms with Crippen molar-refractivity contribution in [1.82, 2.24) is 26.3 Å². The van der Waals surface area contributed by atoms with Crippen LogP contribution in [-0.4, -0.2) is 98.0 Å². The molecule has 0 unspecified atom stereocenters. The SMILES string of the molecule is C[C@@H](O)[C@H](NC(=O)[C@H](Cc1ccc(O)cc1)NC(=O)[C@@H](N)CC(N)=O)C(=O)N[C@@H](CC(N)=O)C(=O)N[C@@H](Cc1c[nH]c2ccccc12)C(=O)O. The summed E-state index contributed by atoms with van der Waals surface area (Å²) in [6, 6.07) is 4.82. The third kappa shape index (κ3) is 11.0. The van der Waals surface area contributed by atoms with Gasteiger partial charge in [0.05, 0.1) is 25.0 Å². The minimum Gasteiger partial charge on any atom is -0.508 e. The second-order valence-corrected chi connectivity index (χ2v) is 11.6. The van der Waals surface area contributed by atoms with Gasteiger partial charge in [0.1, 0.15) is 29.9 Å². The number of benzene rings is 2. The highest BCUT2D eigenvalue weighted by molar-refractivity contribution is 5.97. The van der Waals surface area contributed by atoms with Gasteiger partial charge in [0.15, 0.2) is 0 Å². The number of carbonyl (C=O) groups is 7. The number of phenolic OH excluding ortho intramolecular Hbond substituents is 1. The first-order valence-electron chi connectivity index (χ1n) is 15.3. The molecule has 18 nitrogen and oxygen atoms in total. The number of primary amides is 2. The number of phenols is 1. The Morgan fingerprint density at radius 1 is 0.740 bits per heavy atom. The number of carboxylic acid groups (broad SMARTS) is 1. The van der Waals surface area contributed by atoms with Crippen molar-refractivity contribution in [2.75, 3.05) is 0 Å². The molecule has 2 aromatic carbocycles. The number of carbonyl (C=O) groups excluding carboxylic acids is 6. The normalized spacial score (nSPS) is 14.6. The molecule has 3 rings (SSSR count). The lowest BCUT2D eigenvalue weighted by molar-refractivity contribution is -0.142. The molecule has 0 aliphatic carbocycles. The number of H-pyrrole nitrogens is 1. The van der Waals surface area contributed by atoms with E-state index in [0.29, 0.717) is 11.1 Å². The number of fused-ring (bicyclic) bond motifs is 1. The summed E-state index contributed by atoms with van der Waals surface area (Å²) in [5, 5.41) is 39.8. The van der Waals surface area contributed by atoms with Crippen LogP contribution in [0.2, 0.25) is 0 Å². The summed E-state index contributed by atoms with van der Waals surface area (Å²) >= 11 is 0. The third-order valence-corrected chi connectivity index (χ3v) is 7.58. The van der Waals surface area contributed by atoms with Crippen molar-refractivity contribution in [3.05, 3.63) is 65.9 Å². The monoisotopic (exact) mass is 696 g/mol. The van der Waals surface area contributed by atoms with E-state index in [4.69, 9.17) is 17.2 Å². The van der Waals surface area contributed by atoms with E-state index in [1.54, 1.807) is 30.5 Å². The van der Waals surface area contributed by atoms with Crippen LogP contribution in [0, 0.1) is 0 Å². The number of hydrogen-bond donors (Lipinski definition) is 11. The number of nitrogens with one attached hydrogen (secondary N) is 5. The molecule has 0 saturated carbocycles. The first-order chi connectivity index (χ1) is 23.5. The molecular weight excluding hydrogens is 656 g/mol. The minimum absolute atomic E-state index is 0.0738. The van der Waals surface area contributed by atoms with Crippen molar-refractivity contribution in [3.8, 4) is 5.75 Å². The fourth-order valence-electron chi connectivity index (χ4n) is 4.99. The van der Waals surface area contributed by atoms with Gasteiger partial charge in [0, 0.05) is 29.9 Å². The topological polar surface area (TPSA) is 322 Å². The fourth-order valence-corrected chi connectivity index (χ4v) is 4.99. The van der Waals surface area contributed by atoms with Gasteiger partial charge in [0.2, 0.25) is 35.4 Å². The maximum atomic E-state index is 13.5. The molecule has 0 fully saturated rings. The number of nitrogens with two attached hydrogens (primary N) is 3. The fraction of sp³-hybridized carbons (Fsp3) is 0.344. The maximum Gasteiger partial charge on any atom is 0.326 e. The Kier molecular flexibility index (Phi) is 13.4. The van der Waals surface area contributed by atoms with E-state index in [1.807, 2.05) is 0 Å². The Morgan fingerprint density at radius 2 is 1.32 bits per heavy atom. The van der Waals surface area contributed by atoms with E-state index in [2.05, 4.69) is 26.3 Å². The highest BCUT2D eigenvalue weighted by atomic mass is 16.4. The molecule has 0 spiro atoms. The number of amides is 6. The van der Waals surface area contributed by atoms with E-state index < -0.39 is 90.6 Å². The van der Waals surface area contributed by atoms with Gasteiger partial charge in [-0.15, -0.1) is 0 Å². The van der Waals surface area contributed by atoms with Crippen LogP contribution < -0.4 is 38.5 Å². The van der Waals surface area contributed by atoms with Crippen LogP contribution in [0.1, 0.15) is 30.9 Å². The van der Waals surface area contributed by atoms with Crippen molar-refractivity contribution in [3.63, 3.8) is 0 Å². The van der Waals surface area contributed by atoms with Crippen molar-refractivity contribution < 1.29 is 48.9 Å². The molecule has 0 bridgehead atoms. The maximum absolute atomic E-state index is 13.5. The zero-order valence-electron chi connectivity index (χ0n) is 26.9. The molecule has 18 heteroatoms. The Hall–Kier alpha value is -6.01. The van der Waals surface area contributed by atoms with Gasteiger partial charge < -0.3 is 58.8 Å². The predicted octanol–water partition coefficient (Wildman–Crippen LogP) is -2.86. The molecule has 0 radical (unpaired) electrons. The Morgan fingerprint density at radius 3 is 1.92 bits per heavy atom. The predicted molar refractivity (Wildman–Crippen MR) is 176 cm³/mol. The van der Waals surface area contributed by atoms with Gasteiger partial charge in [-0.25, -0.2) is 4.79 Å². The molecule has 0 saturated heterocycles. The number of carboxylic acids is 1. The summed E-state index contributed by atoms with van der Waals surface area (Å²) in [6.07, 6.45) is -1.68. The summed E-state index contributed by atoms with van der Waals surface area (Å²) in [4.78, 5) is 91.0. The van der Waals surface area contributed by atoms with E-state index in [1.165, 1.54) is 24.3 Å². The molecule has 1 aromatic heterocycles. The number of aromatic nitrogens is 1. The average molecular weight is 697 g/mol. The second kappa shape index (κ2) is 17.4. The molecule has 1 heterocycles. The van der Waals surface area contributed by atoms with Crippen LogP contribution in [0.3, 0.4) is 0 Å². The van der Waals surface area contributed by atoms with Gasteiger partial charge in [-0.3, -0.25) is 28.8 Å². The summed E-state index contributed by atoms with van der Waals surface area (Å²) < 4.78 is 0. The van der Waals surface area contributed by atoms with Crippen molar-refractivity contribution in [2.45, 2.75) is 68.9 Å². The Labute approximate surface area is 285 Å². The first kappa shape index (κ1) is 38.4. The number of rotatable bonds is 18. The van der Waals surface area contributed by atoms with Gasteiger partial charge in [-0.05, 0) is 36.2 Å². The Balaban J connectivity index is 1.79. The van der Waals surface area contributed by atoms with Gasteiger partial charge in [0.25, 0.3) is 0 Å². The van der Waals surface area contributed by atoms with Gasteiger partial charge in [-0.1, -0.05) is 30.3 Å². The number of aliphatic hydroxyl groups excluding tert-OH is 1. The number of aromatic amines is 1. The third-order valence-electron chi connectivity index (χ3n) is 7.58. The molecule has 0 aliphatic heterocycles. The van der Waals surface area contributed by atoms with Crippen LogP contribution in [0.15, 0.2) is 54.7 Å². The van der Waals surface area contributed by atoms with Crippen LogP contribution in [-0.2, 0) is 46.4 Å². The lowest BCUT2D eigenvalue weighted by Crippen LogP contribution is -2.61. The molecule has 50 heavy (non-hydrogen) atoms. The number of aliphatic hydroxyl groups is 1. The Bertz CT molecular complexity index is 1730. The average Bonchev–Trinajstić information content (AvgIpc) is 3.45. The van der Waals surface area contributed by atoms with E-state index >= 15 is 0 Å². The summed E-state index contributed by atoms with van der Waals surface area (Å²) in [7, 11) is 0. The highest BCUT2D eigenvalue weighted by Crippen LogP contribution is 2.19. The lowest BCUT2D eigenvalue weighted by Gasteiger charge is -2.27. The zero-order valence-corrected chi connectivity index (χ0v) is 26.9. The largest absolute Gasteiger partial charge is 0.508 e. The van der Waals surface area contributed by atoms with Crippen LogP contribution in [0.4, 0.5) is 0 Å². The van der Waals surface area contributed by atoms with Crippen LogP contribution in [0.5, 0.6) is 5.75 Å². The number of aliphatic carboxylic acids is 1. The van der Waals surface area contributed by atoms with Crippen molar-refractivity contribution in [1.29, 1.82) is 0 Å². The second-order valence-electron chi connectivity index (χ2n) is 11.6. The number of para-hydroxylation sites is 1. The zero-order chi connectivity index (χ0) is 37.1. The van der Waals surface area contributed by atoms with Crippen molar-refractivity contribution >= 4 is 52.3 Å². The summed E-state index contributed by atoms with van der Waals surface area (Å²) in [5.74, 6) is -7.55. The van der Waals surface area contributed by atoms with Gasteiger partial charge in [-0.2, -0.15) is 0 Å².